The van der Waals surface area contributed by atoms with E-state index in [4.69, 9.17) is 14.2 Å². The number of fused-ring (bicyclic) bond motifs is 6. The second-order valence-corrected chi connectivity index (χ2v) is 7.87. The quantitative estimate of drug-likeness (QED) is 0.404. The van der Waals surface area contributed by atoms with Crippen molar-refractivity contribution >= 4 is 30.1 Å². The Morgan fingerprint density at radius 2 is 1.73 bits per heavy atom. The smallest absolute Gasteiger partial charge is 0.355 e. The third kappa shape index (κ3) is 2.64. The van der Waals surface area contributed by atoms with Crippen LogP contribution in [0, 0.1) is 5.41 Å². The molecule has 0 saturated carbocycles. The Morgan fingerprint density at radius 3 is 2.45 bits per heavy atom. The van der Waals surface area contributed by atoms with Gasteiger partial charge in [-0.25, -0.2) is 9.59 Å². The van der Waals surface area contributed by atoms with Gasteiger partial charge in [-0.15, -0.1) is 0 Å². The minimum absolute atomic E-state index is 0.144. The van der Waals surface area contributed by atoms with Gasteiger partial charge in [-0.2, -0.15) is 0 Å². The Hall–Kier alpha value is -4.20. The van der Waals surface area contributed by atoms with Crippen LogP contribution in [0.2, 0.25) is 0 Å². The van der Waals surface area contributed by atoms with Gasteiger partial charge >= 0.3 is 11.9 Å². The number of nitrogens with zero attached hydrogens (tertiary/aromatic N) is 1. The number of methoxy groups -OCH3 is 2. The summed E-state index contributed by atoms with van der Waals surface area (Å²) in [4.78, 5) is 54.4. The summed E-state index contributed by atoms with van der Waals surface area (Å²) in [5.41, 5.74) is -0.626. The van der Waals surface area contributed by atoms with E-state index in [0.717, 1.165) is 12.7 Å². The zero-order valence-electron chi connectivity index (χ0n) is 17.8. The highest BCUT2D eigenvalue weighted by molar-refractivity contribution is 6.16. The van der Waals surface area contributed by atoms with Gasteiger partial charge in [-0.1, -0.05) is 36.4 Å². The lowest BCUT2D eigenvalue weighted by atomic mass is 9.61. The maximum Gasteiger partial charge on any atom is 0.355 e. The molecule has 0 N–H and O–H groups in total. The van der Waals surface area contributed by atoms with Gasteiger partial charge in [0.1, 0.15) is 23.3 Å². The van der Waals surface area contributed by atoms with Crippen LogP contribution in [0.1, 0.15) is 27.5 Å². The number of carbonyl (C=O) groups excluding carboxylic acids is 4. The van der Waals surface area contributed by atoms with Gasteiger partial charge in [0.15, 0.2) is 17.3 Å². The number of benzene rings is 2. The normalized spacial score (nSPS) is 24.5. The van der Waals surface area contributed by atoms with E-state index in [1.807, 2.05) is 12.1 Å². The summed E-state index contributed by atoms with van der Waals surface area (Å²) >= 11 is 0. The minimum atomic E-state index is -1.86. The van der Waals surface area contributed by atoms with Gasteiger partial charge in [0, 0.05) is 6.20 Å². The van der Waals surface area contributed by atoms with Gasteiger partial charge in [0.2, 0.25) is 0 Å². The summed E-state index contributed by atoms with van der Waals surface area (Å²) in [6, 6.07) is 12.8. The first-order chi connectivity index (χ1) is 16.0. The Balaban J connectivity index is 1.91. The molecular weight excluding hydrogens is 426 g/mol. The Labute approximate surface area is 189 Å². The number of para-hydroxylation sites is 1. The van der Waals surface area contributed by atoms with Crippen LogP contribution in [0.4, 0.5) is 0 Å². The van der Waals surface area contributed by atoms with E-state index in [9.17, 15) is 19.2 Å². The summed E-state index contributed by atoms with van der Waals surface area (Å²) < 4.78 is 16.1. The van der Waals surface area contributed by atoms with E-state index in [-0.39, 0.29) is 22.6 Å². The van der Waals surface area contributed by atoms with Gasteiger partial charge in [-0.05, 0) is 29.3 Å². The van der Waals surface area contributed by atoms with E-state index >= 15 is 0 Å². The van der Waals surface area contributed by atoms with E-state index in [0.29, 0.717) is 11.8 Å². The molecule has 3 aliphatic rings. The predicted molar refractivity (Wildman–Crippen MR) is 115 cm³/mol. The summed E-state index contributed by atoms with van der Waals surface area (Å²) in [6.07, 6.45) is 2.43. The Bertz CT molecular complexity index is 1280. The standard InChI is InChI=1S/C25H19NO7/c1-31-23(29)18-19(24(30)32-2)26-12-11-14-7-3-4-8-15(14)20(26)25(13-27)21(28)16-9-5-6-10-17(16)33-22(18)25/h3-13,20,22H,1-2H3/t20-,22+,25+/m1/s1. The molecule has 3 aliphatic heterocycles. The predicted octanol–water partition coefficient (Wildman–Crippen LogP) is 2.46. The van der Waals surface area contributed by atoms with Crippen LogP contribution >= 0.6 is 0 Å². The maximum absolute atomic E-state index is 14.0. The van der Waals surface area contributed by atoms with Crippen LogP contribution in [0.25, 0.3) is 6.08 Å². The molecule has 0 amide bonds. The zero-order chi connectivity index (χ0) is 23.3. The van der Waals surface area contributed by atoms with Crippen molar-refractivity contribution in [2.24, 2.45) is 5.41 Å². The third-order valence-electron chi connectivity index (χ3n) is 6.39. The van der Waals surface area contributed by atoms with Crippen molar-refractivity contribution in [1.29, 1.82) is 0 Å². The van der Waals surface area contributed by atoms with Gasteiger partial charge in [0.05, 0.1) is 25.8 Å². The molecule has 2 aromatic carbocycles. The van der Waals surface area contributed by atoms with Crippen molar-refractivity contribution in [2.75, 3.05) is 14.2 Å². The Morgan fingerprint density at radius 1 is 1.03 bits per heavy atom. The van der Waals surface area contributed by atoms with Crippen LogP contribution in [-0.4, -0.2) is 49.2 Å². The first kappa shape index (κ1) is 20.7. The molecule has 0 radical (unpaired) electrons. The third-order valence-corrected chi connectivity index (χ3v) is 6.39. The van der Waals surface area contributed by atoms with Crippen molar-refractivity contribution in [1.82, 2.24) is 4.90 Å². The molecule has 8 nitrogen and oxygen atoms in total. The fourth-order valence-electron chi connectivity index (χ4n) is 4.97. The maximum atomic E-state index is 14.0. The van der Waals surface area contributed by atoms with Crippen LogP contribution in [0.5, 0.6) is 5.75 Å². The monoisotopic (exact) mass is 445 g/mol. The van der Waals surface area contributed by atoms with Gasteiger partial charge in [0.25, 0.3) is 0 Å². The van der Waals surface area contributed by atoms with E-state index < -0.39 is 35.3 Å². The molecule has 33 heavy (non-hydrogen) atoms. The fourth-order valence-corrected chi connectivity index (χ4v) is 4.97. The lowest BCUT2D eigenvalue weighted by Gasteiger charge is -2.53. The molecule has 5 rings (SSSR count). The molecule has 0 spiro atoms. The van der Waals surface area contributed by atoms with E-state index in [2.05, 4.69) is 0 Å². The highest BCUT2D eigenvalue weighted by atomic mass is 16.5. The summed E-state index contributed by atoms with van der Waals surface area (Å²) in [7, 11) is 2.34. The SMILES string of the molecule is COC(=O)C1=C(C(=O)OC)N2C=Cc3ccccc3[C@@H]2[C@@]2(C=O)C(=O)c3ccccc3O[C@@H]12. The lowest BCUT2D eigenvalue weighted by molar-refractivity contribution is -0.146. The summed E-state index contributed by atoms with van der Waals surface area (Å²) in [6.45, 7) is 0. The number of aldehydes is 1. The molecule has 0 fully saturated rings. The van der Waals surface area contributed by atoms with Crippen LogP contribution in [-0.2, 0) is 23.9 Å². The molecule has 8 heteroatoms. The summed E-state index contributed by atoms with van der Waals surface area (Å²) in [5, 5.41) is 0. The van der Waals surface area contributed by atoms with Crippen LogP contribution < -0.4 is 4.74 Å². The van der Waals surface area contributed by atoms with E-state index in [1.54, 1.807) is 48.7 Å². The fraction of sp³-hybridized carbons (Fsp3) is 0.200. The number of ketones is 1. The van der Waals surface area contributed by atoms with Crippen LogP contribution in [0.3, 0.4) is 0 Å². The summed E-state index contributed by atoms with van der Waals surface area (Å²) in [5.74, 6) is -2.01. The number of carbonyl (C=O) groups is 4. The lowest BCUT2D eigenvalue weighted by Crippen LogP contribution is -2.63. The molecule has 0 bridgehead atoms. The number of hydrogen-bond acceptors (Lipinski definition) is 8. The Kier molecular flexibility index (Phi) is 4.67. The number of rotatable bonds is 3. The molecule has 3 heterocycles. The first-order valence-electron chi connectivity index (χ1n) is 10.2. The molecule has 3 atom stereocenters. The number of ether oxygens (including phenoxy) is 3. The zero-order valence-corrected chi connectivity index (χ0v) is 17.8. The molecule has 0 aromatic heterocycles. The topological polar surface area (TPSA) is 99.2 Å². The minimum Gasteiger partial charge on any atom is -0.483 e. The van der Waals surface area contributed by atoms with E-state index in [1.165, 1.54) is 12.0 Å². The first-order valence-corrected chi connectivity index (χ1v) is 10.2. The molecule has 0 aliphatic carbocycles. The highest BCUT2D eigenvalue weighted by Gasteiger charge is 2.65. The molecule has 0 saturated heterocycles. The van der Waals surface area contributed by atoms with Crippen molar-refractivity contribution in [3.63, 3.8) is 0 Å². The van der Waals surface area contributed by atoms with Crippen molar-refractivity contribution in [3.8, 4) is 5.75 Å². The van der Waals surface area contributed by atoms with Crippen molar-refractivity contribution in [2.45, 2.75) is 12.1 Å². The molecular formula is C25H19NO7. The van der Waals surface area contributed by atoms with Gasteiger partial charge < -0.3 is 23.9 Å². The van der Waals surface area contributed by atoms with Crippen molar-refractivity contribution in [3.05, 3.63) is 82.7 Å². The number of esters is 2. The largest absolute Gasteiger partial charge is 0.483 e. The van der Waals surface area contributed by atoms with Gasteiger partial charge in [-0.3, -0.25) is 4.79 Å². The van der Waals surface area contributed by atoms with Crippen molar-refractivity contribution < 1.29 is 33.4 Å². The number of Topliss-reactive ketones (excluding diaryl/α,β-unsaturated/α-hetero) is 1. The molecule has 166 valence electrons. The second-order valence-electron chi connectivity index (χ2n) is 7.87. The second kappa shape index (κ2) is 7.44. The molecule has 0 unspecified atom stereocenters. The average Bonchev–Trinajstić information content (AvgIpc) is 2.86. The number of hydrogen-bond donors (Lipinski definition) is 0. The molecule has 2 aromatic rings. The average molecular weight is 445 g/mol. The highest BCUT2D eigenvalue weighted by Crippen LogP contribution is 2.56. The van der Waals surface area contributed by atoms with Crippen LogP contribution in [0.15, 0.2) is 66.0 Å².